The summed E-state index contributed by atoms with van der Waals surface area (Å²) in [5, 5.41) is 11.4. The second kappa shape index (κ2) is 11.4. The SMILES string of the molecule is c1ccc(C2=NC(c3ccc4c(c3)sc3cccc(-c5cccc6c5sc5ccccc56)c34)=NC(c3ccc4sc5ccccc5c4c3)N2)cc1. The molecule has 6 heteroatoms. The number of hydrogen-bond donors (Lipinski definition) is 1. The van der Waals surface area contributed by atoms with E-state index < -0.39 is 0 Å². The van der Waals surface area contributed by atoms with E-state index in [0.29, 0.717) is 0 Å². The molecule has 51 heavy (non-hydrogen) atoms. The lowest BCUT2D eigenvalue weighted by atomic mass is 9.97. The molecule has 7 aromatic carbocycles. The zero-order valence-corrected chi connectivity index (χ0v) is 29.6. The summed E-state index contributed by atoms with van der Waals surface area (Å²) in [6.07, 6.45) is -0.276. The standard InChI is InChI=1S/C45H27N3S3/c1-2-10-26(11-3-1)43-46-44(27-21-23-38-35(24-27)30-13-5-6-17-36(30)49-38)48-45(47-43)28-20-22-34-40(25-28)50-39-19-9-14-31(41(34)39)33-16-8-15-32-29-12-4-7-18-37(29)51-42(32)33/h1-25,44H,(H,46,47,48). The first-order chi connectivity index (χ1) is 25.2. The Morgan fingerprint density at radius 3 is 2.02 bits per heavy atom. The molecular weight excluding hydrogens is 679 g/mol. The lowest BCUT2D eigenvalue weighted by molar-refractivity contribution is 0.675. The zero-order chi connectivity index (χ0) is 33.5. The van der Waals surface area contributed by atoms with Gasteiger partial charge in [-0.1, -0.05) is 115 Å². The highest BCUT2D eigenvalue weighted by atomic mass is 32.1. The number of thiophene rings is 3. The van der Waals surface area contributed by atoms with Gasteiger partial charge in [-0.2, -0.15) is 0 Å². The normalized spacial score (nSPS) is 14.9. The van der Waals surface area contributed by atoms with Crippen LogP contribution in [0.1, 0.15) is 22.9 Å². The number of nitrogens with zero attached hydrogens (tertiary/aromatic N) is 2. The van der Waals surface area contributed by atoms with E-state index in [-0.39, 0.29) is 6.17 Å². The van der Waals surface area contributed by atoms with Crippen LogP contribution in [-0.2, 0) is 0 Å². The summed E-state index contributed by atoms with van der Waals surface area (Å²) < 4.78 is 7.78. The van der Waals surface area contributed by atoms with Crippen molar-refractivity contribution in [1.82, 2.24) is 5.32 Å². The number of rotatable bonds is 4. The lowest BCUT2D eigenvalue weighted by Gasteiger charge is -2.24. The van der Waals surface area contributed by atoms with Crippen LogP contribution in [0.3, 0.4) is 0 Å². The molecule has 0 radical (unpaired) electrons. The molecule has 0 saturated heterocycles. The summed E-state index contributed by atoms with van der Waals surface area (Å²) >= 11 is 5.57. The van der Waals surface area contributed by atoms with Gasteiger partial charge in [0.2, 0.25) is 0 Å². The monoisotopic (exact) mass is 705 g/mol. The fourth-order valence-electron chi connectivity index (χ4n) is 7.55. The Kier molecular flexibility index (Phi) is 6.53. The molecule has 0 amide bonds. The Hall–Kier alpha value is -5.66. The van der Waals surface area contributed by atoms with Gasteiger partial charge in [-0.25, -0.2) is 9.98 Å². The summed E-state index contributed by atoms with van der Waals surface area (Å²) in [4.78, 5) is 10.4. The molecule has 0 fully saturated rings. The van der Waals surface area contributed by atoms with Crippen molar-refractivity contribution in [2.75, 3.05) is 0 Å². The molecule has 1 aliphatic heterocycles. The molecule has 10 aromatic rings. The molecule has 3 nitrogen and oxygen atoms in total. The molecule has 3 aromatic heterocycles. The number of hydrogen-bond acceptors (Lipinski definition) is 6. The third kappa shape index (κ3) is 4.68. The summed E-state index contributed by atoms with van der Waals surface area (Å²) in [6, 6.07) is 54.7. The fraction of sp³-hybridized carbons (Fsp3) is 0.0222. The molecule has 1 aliphatic rings. The maximum Gasteiger partial charge on any atom is 0.159 e. The van der Waals surface area contributed by atoms with E-state index in [1.54, 1.807) is 0 Å². The summed E-state index contributed by atoms with van der Waals surface area (Å²) in [6.45, 7) is 0. The van der Waals surface area contributed by atoms with Gasteiger partial charge in [0.25, 0.3) is 0 Å². The van der Waals surface area contributed by atoms with Crippen LogP contribution >= 0.6 is 34.0 Å². The molecule has 1 N–H and O–H groups in total. The largest absolute Gasteiger partial charge is 0.344 e. The first-order valence-corrected chi connectivity index (χ1v) is 19.5. The van der Waals surface area contributed by atoms with Crippen molar-refractivity contribution in [3.05, 3.63) is 168 Å². The first kappa shape index (κ1) is 29.1. The van der Waals surface area contributed by atoms with Gasteiger partial charge in [0.15, 0.2) is 5.84 Å². The smallest absolute Gasteiger partial charge is 0.159 e. The van der Waals surface area contributed by atoms with E-state index >= 15 is 0 Å². The van der Waals surface area contributed by atoms with Crippen molar-refractivity contribution in [2.24, 2.45) is 9.98 Å². The number of amidine groups is 2. The second-order valence-corrected chi connectivity index (χ2v) is 16.2. The van der Waals surface area contributed by atoms with Crippen LogP contribution in [0.15, 0.2) is 162 Å². The molecular formula is C45H27N3S3. The zero-order valence-electron chi connectivity index (χ0n) is 27.1. The Labute approximate surface area is 305 Å². The molecule has 4 heterocycles. The highest BCUT2D eigenvalue weighted by Crippen LogP contribution is 2.45. The average molecular weight is 706 g/mol. The Morgan fingerprint density at radius 2 is 1.14 bits per heavy atom. The van der Waals surface area contributed by atoms with Crippen LogP contribution in [0.2, 0.25) is 0 Å². The second-order valence-electron chi connectivity index (χ2n) is 13.0. The minimum atomic E-state index is -0.276. The molecule has 1 atom stereocenters. The molecule has 0 bridgehead atoms. The third-order valence-corrected chi connectivity index (χ3v) is 13.4. The predicted molar refractivity (Wildman–Crippen MR) is 222 cm³/mol. The molecule has 0 saturated carbocycles. The number of aliphatic imine (C=N–C) groups is 2. The van der Waals surface area contributed by atoms with Crippen LogP contribution in [0, 0.1) is 0 Å². The number of fused-ring (bicyclic) bond motifs is 9. The summed E-state index contributed by atoms with van der Waals surface area (Å²) in [5.74, 6) is 1.57. The minimum Gasteiger partial charge on any atom is -0.344 e. The van der Waals surface area contributed by atoms with Crippen molar-refractivity contribution >= 4 is 106 Å². The van der Waals surface area contributed by atoms with Gasteiger partial charge >= 0.3 is 0 Å². The van der Waals surface area contributed by atoms with Crippen LogP contribution in [0.25, 0.3) is 71.6 Å². The number of benzene rings is 7. The first-order valence-electron chi connectivity index (χ1n) is 17.0. The van der Waals surface area contributed by atoms with Gasteiger partial charge in [0, 0.05) is 77.2 Å². The molecule has 0 aliphatic carbocycles. The van der Waals surface area contributed by atoms with Crippen LogP contribution in [0.5, 0.6) is 0 Å². The highest BCUT2D eigenvalue weighted by Gasteiger charge is 2.23. The van der Waals surface area contributed by atoms with Gasteiger partial charge in [-0.3, -0.25) is 0 Å². The third-order valence-electron chi connectivity index (χ3n) is 9.96. The molecule has 0 spiro atoms. The van der Waals surface area contributed by atoms with E-state index in [1.165, 1.54) is 71.6 Å². The van der Waals surface area contributed by atoms with E-state index in [9.17, 15) is 0 Å². The van der Waals surface area contributed by atoms with E-state index in [1.807, 2.05) is 40.1 Å². The van der Waals surface area contributed by atoms with Gasteiger partial charge in [-0.15, -0.1) is 34.0 Å². The van der Waals surface area contributed by atoms with Gasteiger partial charge in [0.05, 0.1) is 0 Å². The van der Waals surface area contributed by atoms with E-state index in [0.717, 1.165) is 28.4 Å². The predicted octanol–water partition coefficient (Wildman–Crippen LogP) is 13.0. The fourth-order valence-corrected chi connectivity index (χ4v) is 11.0. The Balaban J connectivity index is 1.06. The van der Waals surface area contributed by atoms with Crippen LogP contribution in [-0.4, -0.2) is 11.7 Å². The Bertz CT molecular complexity index is 3070. The Morgan fingerprint density at radius 1 is 0.451 bits per heavy atom. The number of nitrogens with one attached hydrogen (secondary N) is 1. The van der Waals surface area contributed by atoms with Crippen molar-refractivity contribution in [1.29, 1.82) is 0 Å². The maximum absolute atomic E-state index is 5.28. The van der Waals surface area contributed by atoms with E-state index in [4.69, 9.17) is 9.98 Å². The average Bonchev–Trinajstić information content (AvgIpc) is 3.88. The highest BCUT2D eigenvalue weighted by molar-refractivity contribution is 7.27. The lowest BCUT2D eigenvalue weighted by Crippen LogP contribution is -2.33. The maximum atomic E-state index is 5.28. The molecule has 240 valence electrons. The van der Waals surface area contributed by atoms with E-state index in [2.05, 4.69) is 151 Å². The minimum absolute atomic E-state index is 0.276. The van der Waals surface area contributed by atoms with Crippen molar-refractivity contribution in [3.8, 4) is 11.1 Å². The van der Waals surface area contributed by atoms with Crippen molar-refractivity contribution < 1.29 is 0 Å². The van der Waals surface area contributed by atoms with Crippen molar-refractivity contribution in [3.63, 3.8) is 0 Å². The van der Waals surface area contributed by atoms with Gasteiger partial charge in [-0.05, 0) is 47.5 Å². The molecule has 11 rings (SSSR count). The molecule has 1 unspecified atom stereocenters. The quantitative estimate of drug-likeness (QED) is 0.194. The van der Waals surface area contributed by atoms with Crippen LogP contribution in [0.4, 0.5) is 0 Å². The summed E-state index contributed by atoms with van der Waals surface area (Å²) in [5.41, 5.74) is 5.75. The van der Waals surface area contributed by atoms with Crippen LogP contribution < -0.4 is 5.32 Å². The van der Waals surface area contributed by atoms with Gasteiger partial charge < -0.3 is 5.32 Å². The summed E-state index contributed by atoms with van der Waals surface area (Å²) in [7, 11) is 0. The topological polar surface area (TPSA) is 36.8 Å². The van der Waals surface area contributed by atoms with Gasteiger partial charge in [0.1, 0.15) is 12.0 Å². The van der Waals surface area contributed by atoms with Crippen molar-refractivity contribution in [2.45, 2.75) is 6.17 Å².